The second-order valence-electron chi connectivity index (χ2n) is 11.0. The zero-order chi connectivity index (χ0) is 30.1. The van der Waals surface area contributed by atoms with Crippen molar-refractivity contribution < 1.29 is 28.1 Å². The number of hydrogen-bond donors (Lipinski definition) is 1. The van der Waals surface area contributed by atoms with Crippen molar-refractivity contribution in [3.05, 3.63) is 77.4 Å². The summed E-state index contributed by atoms with van der Waals surface area (Å²) in [5.74, 6) is 0.137. The van der Waals surface area contributed by atoms with Gasteiger partial charge in [0.05, 0.1) is 32.5 Å². The molecule has 0 unspecified atom stereocenters. The molecule has 0 amide bonds. The third kappa shape index (κ3) is 10.6. The molecule has 3 rings (SSSR count). The molecule has 41 heavy (non-hydrogen) atoms. The maximum Gasteiger partial charge on any atom is 0.265 e. The number of ether oxygens (including phenoxy) is 5. The molecule has 11 heteroatoms. The van der Waals surface area contributed by atoms with Crippen LogP contribution in [-0.4, -0.2) is 56.8 Å². The van der Waals surface area contributed by atoms with Crippen molar-refractivity contribution in [3.8, 4) is 5.75 Å². The second-order valence-corrected chi connectivity index (χ2v) is 17.7. The van der Waals surface area contributed by atoms with Gasteiger partial charge in [0.15, 0.2) is 14.6 Å². The van der Waals surface area contributed by atoms with E-state index in [1.54, 1.807) is 7.11 Å². The zero-order valence-corrected chi connectivity index (χ0v) is 27.5. The van der Waals surface area contributed by atoms with E-state index in [-0.39, 0.29) is 19.1 Å². The molecule has 226 valence electrons. The lowest BCUT2D eigenvalue weighted by atomic mass is 9.78. The highest BCUT2D eigenvalue weighted by Gasteiger charge is 2.49. The molecule has 1 fully saturated rings. The maximum atomic E-state index is 7.87. The van der Waals surface area contributed by atoms with E-state index in [1.807, 2.05) is 60.7 Å². The average molecular weight is 645 g/mol. The van der Waals surface area contributed by atoms with Crippen LogP contribution in [0.25, 0.3) is 0 Å². The molecule has 1 saturated heterocycles. The Labute approximate surface area is 259 Å². The Hall–Kier alpha value is -1.62. The highest BCUT2D eigenvalue weighted by atomic mass is 35.6. The van der Waals surface area contributed by atoms with Gasteiger partial charge < -0.3 is 28.1 Å². The number of benzene rings is 2. The lowest BCUT2D eigenvalue weighted by molar-refractivity contribution is -0.229. The predicted octanol–water partition coefficient (Wildman–Crippen LogP) is 7.69. The Bertz CT molecular complexity index is 1140. The van der Waals surface area contributed by atoms with Crippen LogP contribution >= 0.6 is 34.8 Å². The van der Waals surface area contributed by atoms with Crippen LogP contribution in [0.2, 0.25) is 19.6 Å². The predicted molar refractivity (Wildman–Crippen MR) is 167 cm³/mol. The first-order valence-electron chi connectivity index (χ1n) is 13.5. The molecule has 0 radical (unpaired) electrons. The van der Waals surface area contributed by atoms with Crippen LogP contribution in [0.5, 0.6) is 5.75 Å². The van der Waals surface area contributed by atoms with Gasteiger partial charge in [-0.25, -0.2) is 0 Å². The molecule has 2 aromatic carbocycles. The number of halogens is 3. The normalized spacial score (nSPS) is 22.5. The first-order valence-corrected chi connectivity index (χ1v) is 18.0. The number of hydrogen-bond acceptors (Lipinski definition) is 7. The Balaban J connectivity index is 1.82. The van der Waals surface area contributed by atoms with Crippen molar-refractivity contribution in [3.63, 3.8) is 0 Å². The van der Waals surface area contributed by atoms with Gasteiger partial charge in [0.25, 0.3) is 3.79 Å². The van der Waals surface area contributed by atoms with Crippen molar-refractivity contribution in [1.82, 2.24) is 0 Å². The summed E-state index contributed by atoms with van der Waals surface area (Å²) in [4.78, 5) is 0. The van der Waals surface area contributed by atoms with E-state index >= 15 is 0 Å². The third-order valence-electron chi connectivity index (χ3n) is 6.67. The van der Waals surface area contributed by atoms with Crippen LogP contribution in [0.3, 0.4) is 0 Å². The molecule has 3 atom stereocenters. The molecular formula is C30H40Cl3NO6Si. The number of rotatable bonds is 13. The van der Waals surface area contributed by atoms with E-state index in [0.29, 0.717) is 26.2 Å². The first-order chi connectivity index (χ1) is 19.3. The van der Waals surface area contributed by atoms with Gasteiger partial charge in [0, 0.05) is 12.5 Å². The molecule has 0 aliphatic carbocycles. The molecule has 0 bridgehead atoms. The third-order valence-corrected chi connectivity index (χ3v) is 8.22. The van der Waals surface area contributed by atoms with E-state index in [1.165, 1.54) is 0 Å². The summed E-state index contributed by atoms with van der Waals surface area (Å²) >= 11 is 17.4. The van der Waals surface area contributed by atoms with Crippen LogP contribution < -0.4 is 4.74 Å². The number of nitrogens with one attached hydrogen (secondary N) is 1. The minimum atomic E-state index is -2.07. The van der Waals surface area contributed by atoms with E-state index in [2.05, 4.69) is 26.6 Å². The topological polar surface area (TPSA) is 79.2 Å². The fourth-order valence-electron chi connectivity index (χ4n) is 4.73. The Morgan fingerprint density at radius 3 is 2.32 bits per heavy atom. The monoisotopic (exact) mass is 643 g/mol. The SMILES string of the molecule is COc1ccc(CO[C@@H]2OC/C(=C\COC(=N)C(Cl)(Cl)Cl)[C@@](C)(O[Si](C)(C)C)[C@H]2CCOCc2ccccc2)cc1. The molecule has 0 spiro atoms. The van der Waals surface area contributed by atoms with Gasteiger partial charge in [-0.1, -0.05) is 77.3 Å². The maximum absolute atomic E-state index is 7.87. The number of alkyl halides is 3. The van der Waals surface area contributed by atoms with Gasteiger partial charge in [-0.3, -0.25) is 5.41 Å². The summed E-state index contributed by atoms with van der Waals surface area (Å²) in [6, 6.07) is 17.8. The summed E-state index contributed by atoms with van der Waals surface area (Å²) in [7, 11) is -0.431. The Morgan fingerprint density at radius 2 is 1.71 bits per heavy atom. The number of methoxy groups -OCH3 is 1. The first kappa shape index (κ1) is 33.9. The van der Waals surface area contributed by atoms with Crippen molar-refractivity contribution >= 4 is 49.0 Å². The summed E-state index contributed by atoms with van der Waals surface area (Å²) in [5, 5.41) is 7.87. The van der Waals surface area contributed by atoms with Crippen LogP contribution in [0, 0.1) is 11.3 Å². The molecule has 1 aliphatic rings. The van der Waals surface area contributed by atoms with Gasteiger partial charge in [0.2, 0.25) is 5.90 Å². The van der Waals surface area contributed by atoms with E-state index in [0.717, 1.165) is 22.4 Å². The van der Waals surface area contributed by atoms with Crippen LogP contribution in [0.4, 0.5) is 0 Å². The zero-order valence-electron chi connectivity index (χ0n) is 24.3. The molecule has 1 aliphatic heterocycles. The van der Waals surface area contributed by atoms with Crippen LogP contribution in [-0.2, 0) is 36.6 Å². The molecule has 2 aromatic rings. The van der Waals surface area contributed by atoms with Crippen LogP contribution in [0.15, 0.2) is 66.2 Å². The van der Waals surface area contributed by atoms with Gasteiger partial charge in [0.1, 0.15) is 12.4 Å². The molecule has 1 heterocycles. The van der Waals surface area contributed by atoms with Gasteiger partial charge in [-0.15, -0.1) is 0 Å². The van der Waals surface area contributed by atoms with E-state index < -0.39 is 29.9 Å². The smallest absolute Gasteiger partial charge is 0.265 e. The lowest BCUT2D eigenvalue weighted by Crippen LogP contribution is -2.56. The minimum absolute atomic E-state index is 0.0324. The van der Waals surface area contributed by atoms with Gasteiger partial charge in [-0.2, -0.15) is 0 Å². The molecular weight excluding hydrogens is 605 g/mol. The quantitative estimate of drug-likeness (QED) is 0.0602. The molecule has 0 aromatic heterocycles. The van der Waals surface area contributed by atoms with Crippen molar-refractivity contribution in [2.75, 3.05) is 26.9 Å². The van der Waals surface area contributed by atoms with Gasteiger partial charge >= 0.3 is 0 Å². The highest BCUT2D eigenvalue weighted by Crippen LogP contribution is 2.43. The summed E-state index contributed by atoms with van der Waals surface area (Å²) < 4.78 is 34.4. The van der Waals surface area contributed by atoms with Crippen molar-refractivity contribution in [2.45, 2.75) is 61.9 Å². The second kappa shape index (κ2) is 15.2. The average Bonchev–Trinajstić information content (AvgIpc) is 2.91. The van der Waals surface area contributed by atoms with E-state index in [9.17, 15) is 0 Å². The Morgan fingerprint density at radius 1 is 1.05 bits per heavy atom. The standard InChI is InChI=1S/C30H40Cl3NO6Si/c1-29(40-41(3,4)5)24(15-18-37-28(34)30(31,32)33)21-39-27(38-20-23-11-13-25(35-2)14-12-23)26(29)16-17-36-19-22-9-7-6-8-10-22/h6-15,26-27,34H,16-21H2,1-5H3/b24-15+,34-28?/t26-,27+,29+/m0/s1. The van der Waals surface area contributed by atoms with Crippen LogP contribution in [0.1, 0.15) is 24.5 Å². The van der Waals surface area contributed by atoms with Crippen molar-refractivity contribution in [1.29, 1.82) is 5.41 Å². The lowest BCUT2D eigenvalue weighted by Gasteiger charge is -2.49. The molecule has 7 nitrogen and oxygen atoms in total. The van der Waals surface area contributed by atoms with Gasteiger partial charge in [-0.05, 0) is 67.9 Å². The molecule has 1 N–H and O–H groups in total. The fraction of sp³-hybridized carbons (Fsp3) is 0.500. The minimum Gasteiger partial charge on any atom is -0.497 e. The Kier molecular flexibility index (Phi) is 12.6. The largest absolute Gasteiger partial charge is 0.497 e. The van der Waals surface area contributed by atoms with Crippen molar-refractivity contribution in [2.24, 2.45) is 5.92 Å². The fourth-order valence-corrected chi connectivity index (χ4v) is 6.44. The highest BCUT2D eigenvalue weighted by molar-refractivity contribution is 6.76. The van der Waals surface area contributed by atoms with E-state index in [4.69, 9.17) is 68.3 Å². The summed E-state index contributed by atoms with van der Waals surface area (Å²) in [6.07, 6.45) is 1.93. The summed E-state index contributed by atoms with van der Waals surface area (Å²) in [5.41, 5.74) is 2.25. The molecule has 0 saturated carbocycles. The summed E-state index contributed by atoms with van der Waals surface area (Å²) in [6.45, 7) is 10.2.